The van der Waals surface area contributed by atoms with Gasteiger partial charge in [-0.05, 0) is 62.7 Å². The van der Waals surface area contributed by atoms with Crippen LogP contribution in [0.4, 0.5) is 5.95 Å². The standard InChI is InChI=1S/C27H25N3O3/c1-17(2)32-26(31)24-18(3)28-27-29-22-14-7-8-15-23(22)30(27)25(24)19-10-9-13-21(16-19)33-20-11-5-4-6-12-20/h4-17,25H,1-3H3,(H,28,29). The van der Waals surface area contributed by atoms with Crippen LogP contribution in [0.15, 0.2) is 90.1 Å². The molecule has 1 aliphatic heterocycles. The zero-order valence-electron chi connectivity index (χ0n) is 18.8. The zero-order chi connectivity index (χ0) is 22.9. The fraction of sp³-hybridized carbons (Fsp3) is 0.185. The van der Waals surface area contributed by atoms with Crippen LogP contribution in [0.3, 0.4) is 0 Å². The van der Waals surface area contributed by atoms with Gasteiger partial charge in [0.25, 0.3) is 0 Å². The lowest BCUT2D eigenvalue weighted by molar-refractivity contribution is -0.143. The van der Waals surface area contributed by atoms with Crippen molar-refractivity contribution < 1.29 is 14.3 Å². The van der Waals surface area contributed by atoms with Gasteiger partial charge in [-0.3, -0.25) is 4.57 Å². The summed E-state index contributed by atoms with van der Waals surface area (Å²) in [6, 6.07) is 24.9. The van der Waals surface area contributed by atoms with E-state index in [2.05, 4.69) is 9.88 Å². The number of hydrogen-bond donors (Lipinski definition) is 1. The molecule has 0 saturated heterocycles. The Balaban J connectivity index is 1.65. The van der Waals surface area contributed by atoms with Crippen molar-refractivity contribution in [2.45, 2.75) is 32.9 Å². The van der Waals surface area contributed by atoms with Crippen molar-refractivity contribution in [2.75, 3.05) is 5.32 Å². The minimum absolute atomic E-state index is 0.230. The van der Waals surface area contributed by atoms with E-state index in [4.69, 9.17) is 14.5 Å². The molecule has 3 aromatic carbocycles. The van der Waals surface area contributed by atoms with E-state index in [1.807, 2.05) is 99.6 Å². The lowest BCUT2D eigenvalue weighted by Gasteiger charge is -2.30. The highest BCUT2D eigenvalue weighted by Crippen LogP contribution is 2.40. The van der Waals surface area contributed by atoms with Gasteiger partial charge in [0.1, 0.15) is 11.5 Å². The minimum Gasteiger partial charge on any atom is -0.459 e. The predicted octanol–water partition coefficient (Wildman–Crippen LogP) is 6.07. The number of carbonyl (C=O) groups excluding carboxylic acids is 1. The maximum atomic E-state index is 13.3. The summed E-state index contributed by atoms with van der Waals surface area (Å²) in [5.74, 6) is 1.78. The molecule has 0 radical (unpaired) electrons. The van der Waals surface area contributed by atoms with E-state index in [1.165, 1.54) is 0 Å². The third-order valence-corrected chi connectivity index (χ3v) is 5.55. The number of benzene rings is 3. The molecular weight excluding hydrogens is 414 g/mol. The second-order valence-corrected chi connectivity index (χ2v) is 8.30. The van der Waals surface area contributed by atoms with Crippen LogP contribution in [0.1, 0.15) is 32.4 Å². The first-order chi connectivity index (χ1) is 16.0. The second-order valence-electron chi connectivity index (χ2n) is 8.30. The van der Waals surface area contributed by atoms with E-state index >= 15 is 0 Å². The number of para-hydroxylation sites is 3. The number of carbonyl (C=O) groups is 1. The molecule has 0 aliphatic carbocycles. The van der Waals surface area contributed by atoms with E-state index in [0.29, 0.717) is 17.3 Å². The molecule has 166 valence electrons. The van der Waals surface area contributed by atoms with Crippen molar-refractivity contribution in [1.82, 2.24) is 9.55 Å². The minimum atomic E-state index is -0.417. The van der Waals surface area contributed by atoms with Crippen molar-refractivity contribution in [3.8, 4) is 11.5 Å². The van der Waals surface area contributed by atoms with Crippen LogP contribution < -0.4 is 10.1 Å². The smallest absolute Gasteiger partial charge is 0.338 e. The first-order valence-electron chi connectivity index (χ1n) is 11.0. The van der Waals surface area contributed by atoms with Gasteiger partial charge in [0.2, 0.25) is 5.95 Å². The summed E-state index contributed by atoms with van der Waals surface area (Å²) in [6.07, 6.45) is -0.230. The lowest BCUT2D eigenvalue weighted by Crippen LogP contribution is -2.30. The highest BCUT2D eigenvalue weighted by molar-refractivity contribution is 5.94. The number of fused-ring (bicyclic) bond motifs is 3. The molecule has 0 spiro atoms. The van der Waals surface area contributed by atoms with Crippen molar-refractivity contribution >= 4 is 23.0 Å². The van der Waals surface area contributed by atoms with Crippen LogP contribution in [0.2, 0.25) is 0 Å². The molecule has 1 unspecified atom stereocenters. The third kappa shape index (κ3) is 3.96. The molecule has 6 heteroatoms. The van der Waals surface area contributed by atoms with Crippen LogP contribution in [0.25, 0.3) is 11.0 Å². The predicted molar refractivity (Wildman–Crippen MR) is 128 cm³/mol. The third-order valence-electron chi connectivity index (χ3n) is 5.55. The summed E-state index contributed by atoms with van der Waals surface area (Å²) < 4.78 is 13.8. The van der Waals surface area contributed by atoms with Crippen LogP contribution >= 0.6 is 0 Å². The number of imidazole rings is 1. The van der Waals surface area contributed by atoms with E-state index in [-0.39, 0.29) is 12.1 Å². The first-order valence-corrected chi connectivity index (χ1v) is 11.0. The number of nitrogens with one attached hydrogen (secondary N) is 1. The quantitative estimate of drug-likeness (QED) is 0.382. The normalized spacial score (nSPS) is 15.3. The molecule has 0 amide bonds. The van der Waals surface area contributed by atoms with Crippen molar-refractivity contribution in [3.05, 3.63) is 95.7 Å². The first kappa shape index (κ1) is 20.8. The Bertz CT molecular complexity index is 1360. The molecular formula is C27H25N3O3. The van der Waals surface area contributed by atoms with Crippen LogP contribution in [0.5, 0.6) is 11.5 Å². The van der Waals surface area contributed by atoms with E-state index in [0.717, 1.165) is 28.0 Å². The van der Waals surface area contributed by atoms with Crippen LogP contribution in [0, 0.1) is 0 Å². The number of hydrogen-bond acceptors (Lipinski definition) is 5. The van der Waals surface area contributed by atoms with Crippen molar-refractivity contribution in [3.63, 3.8) is 0 Å². The van der Waals surface area contributed by atoms with E-state index < -0.39 is 6.04 Å². The summed E-state index contributed by atoms with van der Waals surface area (Å²) in [5.41, 5.74) is 3.97. The number of ether oxygens (including phenoxy) is 2. The molecule has 0 fully saturated rings. The Labute approximate surface area is 192 Å². The number of anilines is 1. The fourth-order valence-electron chi connectivity index (χ4n) is 4.19. The van der Waals surface area contributed by atoms with Gasteiger partial charge in [-0.2, -0.15) is 0 Å². The Hall–Kier alpha value is -4.06. The SMILES string of the molecule is CC1=C(C(=O)OC(C)C)C(c2cccc(Oc3ccccc3)c2)n2c(nc3ccccc32)N1. The maximum Gasteiger partial charge on any atom is 0.338 e. The summed E-state index contributed by atoms with van der Waals surface area (Å²) in [4.78, 5) is 18.0. The molecule has 1 aliphatic rings. The number of aromatic nitrogens is 2. The van der Waals surface area contributed by atoms with Gasteiger partial charge in [-0.1, -0.05) is 42.5 Å². The average Bonchev–Trinajstić information content (AvgIpc) is 3.16. The van der Waals surface area contributed by atoms with E-state index in [9.17, 15) is 4.79 Å². The summed E-state index contributed by atoms with van der Waals surface area (Å²) >= 11 is 0. The molecule has 1 aromatic heterocycles. The molecule has 1 atom stereocenters. The van der Waals surface area contributed by atoms with Gasteiger partial charge in [-0.15, -0.1) is 0 Å². The maximum absolute atomic E-state index is 13.3. The Morgan fingerprint density at radius 2 is 1.70 bits per heavy atom. The van der Waals surface area contributed by atoms with Gasteiger partial charge < -0.3 is 14.8 Å². The largest absolute Gasteiger partial charge is 0.459 e. The Kier molecular flexibility index (Phi) is 5.34. The summed E-state index contributed by atoms with van der Waals surface area (Å²) in [7, 11) is 0. The van der Waals surface area contributed by atoms with Gasteiger partial charge in [0.05, 0.1) is 28.8 Å². The van der Waals surface area contributed by atoms with E-state index in [1.54, 1.807) is 0 Å². The molecule has 0 bridgehead atoms. The van der Waals surface area contributed by atoms with Crippen LogP contribution in [-0.2, 0) is 9.53 Å². The number of allylic oxidation sites excluding steroid dienone is 1. The Morgan fingerprint density at radius 1 is 0.970 bits per heavy atom. The van der Waals surface area contributed by atoms with Gasteiger partial charge in [-0.25, -0.2) is 9.78 Å². The number of esters is 1. The number of rotatable bonds is 5. The fourth-order valence-corrected chi connectivity index (χ4v) is 4.19. The highest BCUT2D eigenvalue weighted by Gasteiger charge is 2.35. The zero-order valence-corrected chi connectivity index (χ0v) is 18.8. The highest BCUT2D eigenvalue weighted by atomic mass is 16.5. The monoisotopic (exact) mass is 439 g/mol. The molecule has 2 heterocycles. The molecule has 0 saturated carbocycles. The van der Waals surface area contributed by atoms with Gasteiger partial charge in [0, 0.05) is 5.70 Å². The molecule has 6 nitrogen and oxygen atoms in total. The van der Waals surface area contributed by atoms with Gasteiger partial charge in [0.15, 0.2) is 0 Å². The molecule has 1 N–H and O–H groups in total. The second kappa shape index (κ2) is 8.47. The number of nitrogens with zero attached hydrogens (tertiary/aromatic N) is 2. The van der Waals surface area contributed by atoms with Gasteiger partial charge >= 0.3 is 5.97 Å². The summed E-state index contributed by atoms with van der Waals surface area (Å²) in [6.45, 7) is 5.59. The van der Waals surface area contributed by atoms with Crippen molar-refractivity contribution in [2.24, 2.45) is 0 Å². The molecule has 4 aromatic rings. The average molecular weight is 440 g/mol. The van der Waals surface area contributed by atoms with Crippen molar-refractivity contribution in [1.29, 1.82) is 0 Å². The summed E-state index contributed by atoms with van der Waals surface area (Å²) in [5, 5.41) is 3.31. The van der Waals surface area contributed by atoms with Crippen LogP contribution in [-0.4, -0.2) is 21.6 Å². The molecule has 33 heavy (non-hydrogen) atoms. The Morgan fingerprint density at radius 3 is 2.48 bits per heavy atom. The topological polar surface area (TPSA) is 65.4 Å². The molecule has 5 rings (SSSR count). The lowest BCUT2D eigenvalue weighted by atomic mass is 9.95.